The van der Waals surface area contributed by atoms with E-state index in [1.54, 1.807) is 0 Å². The van der Waals surface area contributed by atoms with Crippen molar-refractivity contribution in [3.63, 3.8) is 0 Å². The normalized spacial score (nSPS) is 19.0. The zero-order valence-electron chi connectivity index (χ0n) is 11.7. The van der Waals surface area contributed by atoms with Gasteiger partial charge in [-0.3, -0.25) is 0 Å². The maximum Gasteiger partial charge on any atom is 0.127 e. The molecule has 20 heavy (non-hydrogen) atoms. The molecule has 0 bridgehead atoms. The van der Waals surface area contributed by atoms with Gasteiger partial charge in [0.1, 0.15) is 5.82 Å². The van der Waals surface area contributed by atoms with Gasteiger partial charge in [-0.25, -0.2) is 4.98 Å². The molecule has 1 fully saturated rings. The van der Waals surface area contributed by atoms with Crippen molar-refractivity contribution >= 4 is 46.0 Å². The molecule has 0 amide bonds. The summed E-state index contributed by atoms with van der Waals surface area (Å²) >= 11 is 14.4. The highest BCUT2D eigenvalue weighted by atomic mass is 35.5. The molecule has 108 valence electrons. The predicted octanol–water partition coefficient (Wildman–Crippen LogP) is 5.28. The first-order chi connectivity index (χ1) is 9.54. The number of alkyl halides is 1. The number of hydrogen-bond acceptors (Lipinski definition) is 2. The summed E-state index contributed by atoms with van der Waals surface area (Å²) in [5.74, 6) is 0.948. The molecule has 3 rings (SSSR count). The van der Waals surface area contributed by atoms with Crippen LogP contribution in [0.3, 0.4) is 0 Å². The zero-order valence-corrected chi connectivity index (χ0v) is 14.0. The average Bonchev–Trinajstić information content (AvgIpc) is 2.71. The van der Waals surface area contributed by atoms with Crippen LogP contribution in [0, 0.1) is 0 Å². The van der Waals surface area contributed by atoms with Crippen LogP contribution in [0.1, 0.15) is 37.4 Å². The van der Waals surface area contributed by atoms with Crippen LogP contribution in [0.25, 0.3) is 11.0 Å². The molecule has 0 aliphatic heterocycles. The molecule has 1 aromatic carbocycles. The molecule has 1 atom stereocenters. The van der Waals surface area contributed by atoms with Crippen molar-refractivity contribution in [2.75, 3.05) is 6.26 Å². The van der Waals surface area contributed by atoms with Crippen molar-refractivity contribution in [1.29, 1.82) is 0 Å². The fourth-order valence-corrected chi connectivity index (χ4v) is 4.17. The van der Waals surface area contributed by atoms with Gasteiger partial charge < -0.3 is 4.57 Å². The lowest BCUT2D eigenvalue weighted by Crippen LogP contribution is -2.38. The Bertz CT molecular complexity index is 627. The van der Waals surface area contributed by atoms with Crippen LogP contribution in [0.5, 0.6) is 0 Å². The van der Waals surface area contributed by atoms with E-state index < -0.39 is 0 Å². The number of aromatic nitrogens is 2. The minimum absolute atomic E-state index is 0.0971. The highest BCUT2D eigenvalue weighted by Crippen LogP contribution is 2.45. The molecule has 5 heteroatoms. The number of rotatable bonds is 4. The summed E-state index contributed by atoms with van der Waals surface area (Å²) in [7, 11) is 0. The van der Waals surface area contributed by atoms with Crippen molar-refractivity contribution in [3.8, 4) is 0 Å². The van der Waals surface area contributed by atoms with E-state index in [-0.39, 0.29) is 5.38 Å². The molecule has 0 spiro atoms. The number of fused-ring (bicyclic) bond motifs is 1. The Morgan fingerprint density at radius 1 is 1.45 bits per heavy atom. The second-order valence-corrected chi connectivity index (χ2v) is 7.91. The number of benzene rings is 1. The maximum absolute atomic E-state index is 6.33. The summed E-state index contributed by atoms with van der Waals surface area (Å²) in [6, 6.07) is 5.90. The molecule has 1 saturated carbocycles. The van der Waals surface area contributed by atoms with Gasteiger partial charge in [0.25, 0.3) is 0 Å². The van der Waals surface area contributed by atoms with Crippen LogP contribution in [-0.2, 0) is 6.54 Å². The molecule has 1 aliphatic carbocycles. The Hall–Kier alpha value is -0.380. The largest absolute Gasteiger partial charge is 0.325 e. The molecule has 0 saturated heterocycles. The van der Waals surface area contributed by atoms with Crippen molar-refractivity contribution in [3.05, 3.63) is 29.0 Å². The molecule has 1 unspecified atom stereocenters. The molecule has 2 nitrogen and oxygen atoms in total. The molecule has 0 N–H and O–H groups in total. The first kappa shape index (κ1) is 14.6. The Labute approximate surface area is 133 Å². The number of imidazole rings is 1. The van der Waals surface area contributed by atoms with Gasteiger partial charge in [-0.05, 0) is 44.2 Å². The summed E-state index contributed by atoms with van der Waals surface area (Å²) in [5.41, 5.74) is 2.08. The summed E-state index contributed by atoms with van der Waals surface area (Å²) in [6.07, 6.45) is 6.08. The number of nitrogens with zero attached hydrogens (tertiary/aromatic N) is 2. The van der Waals surface area contributed by atoms with Crippen molar-refractivity contribution in [2.24, 2.45) is 0 Å². The summed E-state index contributed by atoms with van der Waals surface area (Å²) < 4.78 is 2.65. The summed E-state index contributed by atoms with van der Waals surface area (Å²) in [5, 5.41) is 0.624. The lowest BCUT2D eigenvalue weighted by atomic mass is 9.84. The fourth-order valence-electron chi connectivity index (χ4n) is 2.88. The van der Waals surface area contributed by atoms with Gasteiger partial charge in [-0.2, -0.15) is 11.8 Å². The van der Waals surface area contributed by atoms with E-state index in [1.807, 2.05) is 30.8 Å². The average molecular weight is 329 g/mol. The summed E-state index contributed by atoms with van der Waals surface area (Å²) in [4.78, 5) is 4.69. The lowest BCUT2D eigenvalue weighted by molar-refractivity contribution is 0.321. The fraction of sp³-hybridized carbons (Fsp3) is 0.533. The van der Waals surface area contributed by atoms with Crippen LogP contribution in [-0.4, -0.2) is 20.6 Å². The topological polar surface area (TPSA) is 17.8 Å². The Kier molecular flexibility index (Phi) is 3.95. The van der Waals surface area contributed by atoms with E-state index >= 15 is 0 Å². The number of halogens is 2. The Morgan fingerprint density at radius 2 is 2.20 bits per heavy atom. The predicted molar refractivity (Wildman–Crippen MR) is 89.1 cm³/mol. The van der Waals surface area contributed by atoms with Gasteiger partial charge >= 0.3 is 0 Å². The van der Waals surface area contributed by atoms with Crippen molar-refractivity contribution in [2.45, 2.75) is 42.9 Å². The molecule has 0 radical (unpaired) electrons. The SMILES string of the molecule is CSC1(Cn2c(C(C)Cl)nc3cc(Cl)ccc32)CCC1. The summed E-state index contributed by atoms with van der Waals surface area (Å²) in [6.45, 7) is 2.96. The van der Waals surface area contributed by atoms with E-state index in [2.05, 4.69) is 21.9 Å². The third kappa shape index (κ3) is 2.44. The van der Waals surface area contributed by atoms with Gasteiger partial charge in [-0.15, -0.1) is 11.6 Å². The monoisotopic (exact) mass is 328 g/mol. The van der Waals surface area contributed by atoms with Gasteiger partial charge in [0.05, 0.1) is 16.4 Å². The van der Waals surface area contributed by atoms with E-state index in [9.17, 15) is 0 Å². The van der Waals surface area contributed by atoms with Gasteiger partial charge in [-0.1, -0.05) is 18.0 Å². The number of hydrogen-bond donors (Lipinski definition) is 0. The molecular weight excluding hydrogens is 311 g/mol. The van der Waals surface area contributed by atoms with Crippen LogP contribution >= 0.6 is 35.0 Å². The smallest absolute Gasteiger partial charge is 0.127 e. The zero-order chi connectivity index (χ0) is 14.3. The van der Waals surface area contributed by atoms with E-state index in [0.717, 1.165) is 28.4 Å². The third-order valence-electron chi connectivity index (χ3n) is 4.24. The first-order valence-corrected chi connectivity index (χ1v) is 8.93. The minimum Gasteiger partial charge on any atom is -0.325 e. The van der Waals surface area contributed by atoms with Crippen LogP contribution in [0.15, 0.2) is 18.2 Å². The van der Waals surface area contributed by atoms with Gasteiger partial charge in [0.15, 0.2) is 0 Å². The number of thioether (sulfide) groups is 1. The highest BCUT2D eigenvalue weighted by molar-refractivity contribution is 8.00. The molecule has 1 heterocycles. The Balaban J connectivity index is 2.09. The standard InChI is InChI=1S/C15H18Cl2N2S/c1-10(16)14-18-12-8-11(17)4-5-13(12)19(14)9-15(20-2)6-3-7-15/h4-5,8,10H,3,6-7,9H2,1-2H3. The molecule has 1 aromatic heterocycles. The van der Waals surface area contributed by atoms with E-state index in [4.69, 9.17) is 23.2 Å². The van der Waals surface area contributed by atoms with Crippen molar-refractivity contribution in [1.82, 2.24) is 9.55 Å². The molecule has 2 aromatic rings. The second-order valence-electron chi connectivity index (χ2n) is 5.55. The third-order valence-corrected chi connectivity index (χ3v) is 6.07. The first-order valence-electron chi connectivity index (χ1n) is 6.89. The van der Waals surface area contributed by atoms with Crippen LogP contribution in [0.2, 0.25) is 5.02 Å². The molecular formula is C15H18Cl2N2S. The van der Waals surface area contributed by atoms with E-state index in [0.29, 0.717) is 4.75 Å². The van der Waals surface area contributed by atoms with Gasteiger partial charge in [0, 0.05) is 16.3 Å². The highest BCUT2D eigenvalue weighted by Gasteiger charge is 2.37. The quantitative estimate of drug-likeness (QED) is 0.711. The van der Waals surface area contributed by atoms with Crippen LogP contribution < -0.4 is 0 Å². The molecule has 1 aliphatic rings. The van der Waals surface area contributed by atoms with E-state index in [1.165, 1.54) is 19.3 Å². The lowest BCUT2D eigenvalue weighted by Gasteiger charge is -2.41. The minimum atomic E-state index is -0.0971. The maximum atomic E-state index is 6.33. The van der Waals surface area contributed by atoms with Gasteiger partial charge in [0.2, 0.25) is 0 Å². The van der Waals surface area contributed by atoms with Crippen LogP contribution in [0.4, 0.5) is 0 Å². The Morgan fingerprint density at radius 3 is 2.75 bits per heavy atom. The second kappa shape index (κ2) is 5.43. The van der Waals surface area contributed by atoms with Crippen molar-refractivity contribution < 1.29 is 0 Å².